The zero-order chi connectivity index (χ0) is 10.1. The van der Waals surface area contributed by atoms with Crippen molar-refractivity contribution in [3.8, 4) is 0 Å². The van der Waals surface area contributed by atoms with E-state index in [-0.39, 0.29) is 12.1 Å². The minimum Gasteiger partial charge on any atom is -0.385 e. The van der Waals surface area contributed by atoms with E-state index in [1.54, 1.807) is 6.33 Å². The van der Waals surface area contributed by atoms with Crippen LogP contribution < -0.4 is 5.73 Å². The summed E-state index contributed by atoms with van der Waals surface area (Å²) < 4.78 is 1.96. The number of rotatable bonds is 2. The summed E-state index contributed by atoms with van der Waals surface area (Å²) in [5, 5.41) is 9.41. The Kier molecular flexibility index (Phi) is 2.73. The van der Waals surface area contributed by atoms with Gasteiger partial charge in [0.25, 0.3) is 0 Å². The number of nitrogens with two attached hydrogens (primary N) is 1. The third-order valence-corrected chi connectivity index (χ3v) is 1.94. The van der Waals surface area contributed by atoms with E-state index < -0.39 is 6.10 Å². The molecule has 0 aliphatic rings. The summed E-state index contributed by atoms with van der Waals surface area (Å²) in [5.74, 6) is 0. The third kappa shape index (κ3) is 2.29. The predicted octanol–water partition coefficient (Wildman–Crippen LogP) is 0.630. The van der Waals surface area contributed by atoms with Crippen LogP contribution in [0.5, 0.6) is 0 Å². The summed E-state index contributed by atoms with van der Waals surface area (Å²) >= 11 is 0. The summed E-state index contributed by atoms with van der Waals surface area (Å²) in [6, 6.07) is 0. The van der Waals surface area contributed by atoms with Crippen LogP contribution in [0.4, 0.5) is 0 Å². The second kappa shape index (κ2) is 3.47. The fourth-order valence-corrected chi connectivity index (χ4v) is 0.998. The van der Waals surface area contributed by atoms with E-state index in [1.165, 1.54) is 0 Å². The molecular weight excluding hydrogens is 166 g/mol. The first-order valence-corrected chi connectivity index (χ1v) is 4.37. The van der Waals surface area contributed by atoms with E-state index in [0.717, 1.165) is 0 Å². The lowest BCUT2D eigenvalue weighted by Gasteiger charge is -2.19. The lowest BCUT2D eigenvalue weighted by Crippen LogP contribution is -2.20. The van der Waals surface area contributed by atoms with E-state index in [0.29, 0.717) is 5.69 Å². The maximum atomic E-state index is 9.41. The number of nitrogens with zero attached hydrogens (tertiary/aromatic N) is 2. The topological polar surface area (TPSA) is 64.1 Å². The van der Waals surface area contributed by atoms with E-state index in [9.17, 15) is 5.11 Å². The van der Waals surface area contributed by atoms with Crippen LogP contribution in [0, 0.1) is 0 Å². The number of hydrogen-bond donors (Lipinski definition) is 2. The number of hydrogen-bond acceptors (Lipinski definition) is 3. The summed E-state index contributed by atoms with van der Waals surface area (Å²) in [6.45, 7) is 6.44. The minimum absolute atomic E-state index is 0.000428. The summed E-state index contributed by atoms with van der Waals surface area (Å²) in [4.78, 5) is 4.09. The van der Waals surface area contributed by atoms with Gasteiger partial charge in [0.15, 0.2) is 0 Å². The number of aliphatic hydroxyl groups excluding tert-OH is 1. The molecule has 0 saturated heterocycles. The van der Waals surface area contributed by atoms with Gasteiger partial charge in [-0.25, -0.2) is 4.98 Å². The first-order chi connectivity index (χ1) is 5.95. The molecule has 0 aliphatic heterocycles. The lowest BCUT2D eigenvalue weighted by atomic mass is 10.1. The quantitative estimate of drug-likeness (QED) is 0.707. The van der Waals surface area contributed by atoms with Crippen molar-refractivity contribution in [2.24, 2.45) is 5.73 Å². The van der Waals surface area contributed by atoms with Gasteiger partial charge in [-0.3, -0.25) is 0 Å². The summed E-state index contributed by atoms with van der Waals surface area (Å²) in [5.41, 5.74) is 5.96. The highest BCUT2D eigenvalue weighted by Gasteiger charge is 2.15. The Labute approximate surface area is 78.4 Å². The molecule has 0 radical (unpaired) electrons. The molecule has 1 unspecified atom stereocenters. The first-order valence-electron chi connectivity index (χ1n) is 4.37. The molecule has 1 atom stereocenters. The van der Waals surface area contributed by atoms with Crippen LogP contribution in [0.1, 0.15) is 32.6 Å². The maximum absolute atomic E-state index is 9.41. The molecule has 0 spiro atoms. The van der Waals surface area contributed by atoms with E-state index in [1.807, 2.05) is 10.8 Å². The molecule has 4 heteroatoms. The Balaban J connectivity index is 2.87. The predicted molar refractivity (Wildman–Crippen MR) is 51.2 cm³/mol. The molecule has 1 heterocycles. The van der Waals surface area contributed by atoms with Crippen molar-refractivity contribution < 1.29 is 5.11 Å². The molecule has 0 bridgehead atoms. The van der Waals surface area contributed by atoms with E-state index in [4.69, 9.17) is 5.73 Å². The lowest BCUT2D eigenvalue weighted by molar-refractivity contribution is 0.182. The van der Waals surface area contributed by atoms with Gasteiger partial charge in [-0.2, -0.15) is 0 Å². The van der Waals surface area contributed by atoms with Crippen molar-refractivity contribution in [3.05, 3.63) is 18.2 Å². The van der Waals surface area contributed by atoms with Gasteiger partial charge in [0.2, 0.25) is 0 Å². The van der Waals surface area contributed by atoms with Crippen LogP contribution >= 0.6 is 0 Å². The van der Waals surface area contributed by atoms with Crippen LogP contribution in [0.2, 0.25) is 0 Å². The van der Waals surface area contributed by atoms with Crippen LogP contribution in [-0.4, -0.2) is 21.2 Å². The van der Waals surface area contributed by atoms with Gasteiger partial charge in [0.1, 0.15) is 6.10 Å². The van der Waals surface area contributed by atoms with Crippen LogP contribution in [0.25, 0.3) is 0 Å². The van der Waals surface area contributed by atoms with Crippen molar-refractivity contribution in [1.29, 1.82) is 0 Å². The Hall–Kier alpha value is -0.870. The standard InChI is InChI=1S/C9H17N3O/c1-9(2,3)12-5-7(11-6-12)8(13)4-10/h5-6,8,13H,4,10H2,1-3H3. The fourth-order valence-electron chi connectivity index (χ4n) is 0.998. The SMILES string of the molecule is CC(C)(C)n1cnc(C(O)CN)c1. The smallest absolute Gasteiger partial charge is 0.110 e. The molecule has 3 N–H and O–H groups in total. The highest BCUT2D eigenvalue weighted by atomic mass is 16.3. The van der Waals surface area contributed by atoms with Crippen molar-refractivity contribution in [3.63, 3.8) is 0 Å². The van der Waals surface area contributed by atoms with Gasteiger partial charge in [-0.05, 0) is 20.8 Å². The zero-order valence-electron chi connectivity index (χ0n) is 8.36. The van der Waals surface area contributed by atoms with E-state index in [2.05, 4.69) is 25.8 Å². The van der Waals surface area contributed by atoms with Crippen molar-refractivity contribution in [1.82, 2.24) is 9.55 Å². The molecule has 13 heavy (non-hydrogen) atoms. The molecule has 4 nitrogen and oxygen atoms in total. The van der Waals surface area contributed by atoms with E-state index >= 15 is 0 Å². The largest absolute Gasteiger partial charge is 0.385 e. The Morgan fingerprint density at radius 2 is 2.23 bits per heavy atom. The molecule has 0 aliphatic carbocycles. The number of imidazole rings is 1. The zero-order valence-corrected chi connectivity index (χ0v) is 8.36. The van der Waals surface area contributed by atoms with Crippen LogP contribution in [0.3, 0.4) is 0 Å². The van der Waals surface area contributed by atoms with Gasteiger partial charge in [-0.1, -0.05) is 0 Å². The number of aromatic nitrogens is 2. The second-order valence-electron chi connectivity index (χ2n) is 4.13. The van der Waals surface area contributed by atoms with Gasteiger partial charge in [0, 0.05) is 18.3 Å². The summed E-state index contributed by atoms with van der Waals surface area (Å²) in [6.07, 6.45) is 2.90. The minimum atomic E-state index is -0.649. The average molecular weight is 183 g/mol. The third-order valence-electron chi connectivity index (χ3n) is 1.94. The Bertz CT molecular complexity index is 275. The van der Waals surface area contributed by atoms with Crippen molar-refractivity contribution >= 4 is 0 Å². The molecule has 1 rings (SSSR count). The van der Waals surface area contributed by atoms with Crippen LogP contribution in [-0.2, 0) is 5.54 Å². The number of aliphatic hydroxyl groups is 1. The normalized spacial score (nSPS) is 14.5. The van der Waals surface area contributed by atoms with Crippen LogP contribution in [0.15, 0.2) is 12.5 Å². The molecule has 1 aromatic heterocycles. The molecule has 0 saturated carbocycles. The average Bonchev–Trinajstić information content (AvgIpc) is 2.50. The Morgan fingerprint density at radius 3 is 2.62 bits per heavy atom. The van der Waals surface area contributed by atoms with Gasteiger partial charge < -0.3 is 15.4 Å². The fraction of sp³-hybridized carbons (Fsp3) is 0.667. The molecule has 0 amide bonds. The Morgan fingerprint density at radius 1 is 1.62 bits per heavy atom. The highest BCUT2D eigenvalue weighted by Crippen LogP contribution is 2.16. The molecule has 0 fully saturated rings. The monoisotopic (exact) mass is 183 g/mol. The highest BCUT2D eigenvalue weighted by molar-refractivity contribution is 5.03. The molecule has 1 aromatic rings. The molecule has 74 valence electrons. The second-order valence-corrected chi connectivity index (χ2v) is 4.13. The molecule has 0 aromatic carbocycles. The van der Waals surface area contributed by atoms with Crippen molar-refractivity contribution in [2.45, 2.75) is 32.4 Å². The van der Waals surface area contributed by atoms with Crippen molar-refractivity contribution in [2.75, 3.05) is 6.54 Å². The van der Waals surface area contributed by atoms with Gasteiger partial charge in [-0.15, -0.1) is 0 Å². The van der Waals surface area contributed by atoms with Gasteiger partial charge >= 0.3 is 0 Å². The summed E-state index contributed by atoms with van der Waals surface area (Å²) in [7, 11) is 0. The maximum Gasteiger partial charge on any atom is 0.110 e. The first kappa shape index (κ1) is 10.2. The van der Waals surface area contributed by atoms with Gasteiger partial charge in [0.05, 0.1) is 12.0 Å². The molecular formula is C9H17N3O.